The summed E-state index contributed by atoms with van der Waals surface area (Å²) in [6.07, 6.45) is 6.30. The first-order chi connectivity index (χ1) is 8.74. The summed E-state index contributed by atoms with van der Waals surface area (Å²) < 4.78 is 0. The average molecular weight is 265 g/mol. The Bertz CT molecular complexity index is 399. The molecule has 2 atom stereocenters. The van der Waals surface area contributed by atoms with Gasteiger partial charge in [0.2, 0.25) is 0 Å². The molecular weight excluding hydrogens is 242 g/mol. The van der Waals surface area contributed by atoms with E-state index in [1.807, 2.05) is 0 Å². The highest BCUT2D eigenvalue weighted by Gasteiger charge is 2.29. The molecule has 1 saturated carbocycles. The first-order valence-electron chi connectivity index (χ1n) is 7.05. The maximum atomic E-state index is 12.4. The van der Waals surface area contributed by atoms with Gasteiger partial charge in [0.25, 0.3) is 0 Å². The Morgan fingerprint density at radius 1 is 1.33 bits per heavy atom. The second-order valence-electron chi connectivity index (χ2n) is 5.25. The SMILES string of the molecule is CCc1ccc(CC(=O)C2CCCCC2CN)s1. The third-order valence-electron chi connectivity index (χ3n) is 4.04. The van der Waals surface area contributed by atoms with Crippen LogP contribution in [-0.4, -0.2) is 12.3 Å². The molecule has 2 N–H and O–H groups in total. The fraction of sp³-hybridized carbons (Fsp3) is 0.667. The molecule has 2 rings (SSSR count). The quantitative estimate of drug-likeness (QED) is 0.888. The second kappa shape index (κ2) is 6.48. The molecule has 1 aliphatic carbocycles. The lowest BCUT2D eigenvalue weighted by molar-refractivity contribution is -0.124. The number of Topliss-reactive ketones (excluding diaryl/α,β-unsaturated/α-hetero) is 1. The number of hydrogen-bond donors (Lipinski definition) is 1. The van der Waals surface area contributed by atoms with Crippen LogP contribution in [0.5, 0.6) is 0 Å². The number of rotatable bonds is 5. The highest BCUT2D eigenvalue weighted by atomic mass is 32.1. The minimum absolute atomic E-state index is 0.218. The maximum absolute atomic E-state index is 12.4. The van der Waals surface area contributed by atoms with Crippen molar-refractivity contribution in [2.75, 3.05) is 6.54 Å². The highest BCUT2D eigenvalue weighted by molar-refractivity contribution is 7.12. The highest BCUT2D eigenvalue weighted by Crippen LogP contribution is 2.31. The van der Waals surface area contributed by atoms with E-state index in [1.54, 1.807) is 11.3 Å². The van der Waals surface area contributed by atoms with E-state index in [1.165, 1.54) is 22.6 Å². The van der Waals surface area contributed by atoms with Crippen LogP contribution in [0.3, 0.4) is 0 Å². The van der Waals surface area contributed by atoms with Crippen LogP contribution in [0.15, 0.2) is 12.1 Å². The summed E-state index contributed by atoms with van der Waals surface area (Å²) in [5.41, 5.74) is 5.80. The summed E-state index contributed by atoms with van der Waals surface area (Å²) in [6.45, 7) is 2.82. The summed E-state index contributed by atoms with van der Waals surface area (Å²) in [7, 11) is 0. The second-order valence-corrected chi connectivity index (χ2v) is 6.50. The maximum Gasteiger partial charge on any atom is 0.141 e. The smallest absolute Gasteiger partial charge is 0.141 e. The first-order valence-corrected chi connectivity index (χ1v) is 7.86. The molecule has 0 aromatic carbocycles. The molecule has 0 spiro atoms. The zero-order chi connectivity index (χ0) is 13.0. The Kier molecular flexibility index (Phi) is 4.95. The summed E-state index contributed by atoms with van der Waals surface area (Å²) in [5, 5.41) is 0. The first kappa shape index (κ1) is 13.8. The van der Waals surface area contributed by atoms with E-state index < -0.39 is 0 Å². The van der Waals surface area contributed by atoms with Crippen LogP contribution in [-0.2, 0) is 17.6 Å². The van der Waals surface area contributed by atoms with E-state index in [0.717, 1.165) is 19.3 Å². The van der Waals surface area contributed by atoms with Crippen molar-refractivity contribution in [3.63, 3.8) is 0 Å². The molecule has 1 heterocycles. The molecule has 0 amide bonds. The van der Waals surface area contributed by atoms with Gasteiger partial charge in [0.15, 0.2) is 0 Å². The van der Waals surface area contributed by atoms with Crippen molar-refractivity contribution in [1.82, 2.24) is 0 Å². The zero-order valence-electron chi connectivity index (χ0n) is 11.2. The van der Waals surface area contributed by atoms with E-state index in [9.17, 15) is 4.79 Å². The molecule has 1 aromatic heterocycles. The normalized spacial score (nSPS) is 24.1. The lowest BCUT2D eigenvalue weighted by Crippen LogP contribution is -2.33. The van der Waals surface area contributed by atoms with Gasteiger partial charge in [-0.2, -0.15) is 0 Å². The van der Waals surface area contributed by atoms with Crippen molar-refractivity contribution in [1.29, 1.82) is 0 Å². The van der Waals surface area contributed by atoms with Gasteiger partial charge in [0.05, 0.1) is 0 Å². The van der Waals surface area contributed by atoms with E-state index in [2.05, 4.69) is 19.1 Å². The molecule has 3 heteroatoms. The zero-order valence-corrected chi connectivity index (χ0v) is 12.0. The Balaban J connectivity index is 1.97. The third kappa shape index (κ3) is 3.21. The number of thiophene rings is 1. The van der Waals surface area contributed by atoms with Gasteiger partial charge in [-0.1, -0.05) is 19.8 Å². The minimum atomic E-state index is 0.218. The lowest BCUT2D eigenvalue weighted by atomic mass is 9.76. The molecule has 1 aromatic rings. The fourth-order valence-corrected chi connectivity index (χ4v) is 3.89. The van der Waals surface area contributed by atoms with E-state index in [0.29, 0.717) is 24.7 Å². The summed E-state index contributed by atoms with van der Waals surface area (Å²) in [4.78, 5) is 15.0. The van der Waals surface area contributed by atoms with Crippen LogP contribution in [0.25, 0.3) is 0 Å². The van der Waals surface area contributed by atoms with Crippen molar-refractivity contribution in [3.8, 4) is 0 Å². The minimum Gasteiger partial charge on any atom is -0.330 e. The molecule has 0 aliphatic heterocycles. The molecule has 0 radical (unpaired) electrons. The van der Waals surface area contributed by atoms with E-state index >= 15 is 0 Å². The van der Waals surface area contributed by atoms with Crippen molar-refractivity contribution < 1.29 is 4.79 Å². The van der Waals surface area contributed by atoms with Crippen molar-refractivity contribution in [3.05, 3.63) is 21.9 Å². The number of aryl methyl sites for hydroxylation is 1. The number of carbonyl (C=O) groups excluding carboxylic acids is 1. The standard InChI is InChI=1S/C15H23NOS/c1-2-12-7-8-13(18-12)9-15(17)14-6-4-3-5-11(14)10-16/h7-8,11,14H,2-6,9-10,16H2,1H3. The van der Waals surface area contributed by atoms with Crippen LogP contribution in [0, 0.1) is 11.8 Å². The lowest BCUT2D eigenvalue weighted by Gasteiger charge is -2.29. The summed E-state index contributed by atoms with van der Waals surface area (Å²) in [5.74, 6) is 1.06. The third-order valence-corrected chi connectivity index (χ3v) is 5.27. The molecule has 0 saturated heterocycles. The van der Waals surface area contributed by atoms with Crippen molar-refractivity contribution in [2.45, 2.75) is 45.4 Å². The molecule has 1 fully saturated rings. The van der Waals surface area contributed by atoms with E-state index in [4.69, 9.17) is 5.73 Å². The van der Waals surface area contributed by atoms with Gasteiger partial charge in [-0.15, -0.1) is 11.3 Å². The van der Waals surface area contributed by atoms with Gasteiger partial charge in [-0.25, -0.2) is 0 Å². The molecule has 0 bridgehead atoms. The predicted octanol–water partition coefficient (Wildman–Crippen LogP) is 3.19. The van der Waals surface area contributed by atoms with Gasteiger partial charge in [-0.05, 0) is 43.9 Å². The van der Waals surface area contributed by atoms with E-state index in [-0.39, 0.29) is 5.92 Å². The Morgan fingerprint density at radius 3 is 2.72 bits per heavy atom. The monoisotopic (exact) mass is 265 g/mol. The largest absolute Gasteiger partial charge is 0.330 e. The van der Waals surface area contributed by atoms with Crippen LogP contribution in [0.4, 0.5) is 0 Å². The van der Waals surface area contributed by atoms with Crippen LogP contribution >= 0.6 is 11.3 Å². The molecule has 1 aliphatic rings. The molecule has 100 valence electrons. The van der Waals surface area contributed by atoms with Crippen LogP contribution < -0.4 is 5.73 Å². The Morgan fingerprint density at radius 2 is 2.06 bits per heavy atom. The molecule has 18 heavy (non-hydrogen) atoms. The number of ketones is 1. The Labute approximate surface area is 114 Å². The van der Waals surface area contributed by atoms with Crippen molar-refractivity contribution >= 4 is 17.1 Å². The number of hydrogen-bond acceptors (Lipinski definition) is 3. The van der Waals surface area contributed by atoms with Gasteiger partial charge >= 0.3 is 0 Å². The van der Waals surface area contributed by atoms with Gasteiger partial charge in [0, 0.05) is 22.1 Å². The predicted molar refractivity (Wildman–Crippen MR) is 76.9 cm³/mol. The van der Waals surface area contributed by atoms with Gasteiger partial charge < -0.3 is 5.73 Å². The average Bonchev–Trinajstić information content (AvgIpc) is 2.86. The van der Waals surface area contributed by atoms with Gasteiger partial charge in [-0.3, -0.25) is 4.79 Å². The number of nitrogens with two attached hydrogens (primary N) is 1. The molecular formula is C15H23NOS. The number of carbonyl (C=O) groups is 1. The fourth-order valence-electron chi connectivity index (χ4n) is 2.92. The molecule has 2 unspecified atom stereocenters. The summed E-state index contributed by atoms with van der Waals surface area (Å²) in [6, 6.07) is 4.26. The van der Waals surface area contributed by atoms with Crippen LogP contribution in [0.1, 0.15) is 42.4 Å². The van der Waals surface area contributed by atoms with Crippen LogP contribution in [0.2, 0.25) is 0 Å². The molecule has 2 nitrogen and oxygen atoms in total. The topological polar surface area (TPSA) is 43.1 Å². The Hall–Kier alpha value is -0.670. The summed E-state index contributed by atoms with van der Waals surface area (Å²) >= 11 is 1.78. The van der Waals surface area contributed by atoms with Crippen molar-refractivity contribution in [2.24, 2.45) is 17.6 Å². The van der Waals surface area contributed by atoms with Gasteiger partial charge in [0.1, 0.15) is 5.78 Å².